The first-order valence-corrected chi connectivity index (χ1v) is 14.3. The van der Waals surface area contributed by atoms with Crippen LogP contribution in [-0.2, 0) is 11.8 Å². The smallest absolute Gasteiger partial charge is 0.0880 e. The fourth-order valence-corrected chi connectivity index (χ4v) is 6.96. The Bertz CT molecular complexity index is 1570. The highest BCUT2D eigenvalue weighted by Crippen LogP contribution is 2.46. The fourth-order valence-electron chi connectivity index (χ4n) is 5.49. The third kappa shape index (κ3) is 5.09. The van der Waals surface area contributed by atoms with Gasteiger partial charge in [0.2, 0.25) is 0 Å². The molecule has 0 atom stereocenters. The van der Waals surface area contributed by atoms with Crippen LogP contribution in [0.3, 0.4) is 0 Å². The van der Waals surface area contributed by atoms with Gasteiger partial charge in [0.15, 0.2) is 0 Å². The molecule has 2 aromatic heterocycles. The van der Waals surface area contributed by atoms with Crippen LogP contribution in [-0.4, -0.2) is 4.98 Å². The molecule has 0 aliphatic carbocycles. The van der Waals surface area contributed by atoms with Crippen molar-refractivity contribution in [1.29, 1.82) is 0 Å². The number of aromatic nitrogens is 1. The summed E-state index contributed by atoms with van der Waals surface area (Å²) < 4.78 is 1.29. The summed E-state index contributed by atoms with van der Waals surface area (Å²) in [4.78, 5) is 6.35. The van der Waals surface area contributed by atoms with Crippen molar-refractivity contribution in [3.8, 4) is 21.7 Å². The van der Waals surface area contributed by atoms with Gasteiger partial charge in [-0.1, -0.05) is 104 Å². The second kappa shape index (κ2) is 9.40. The van der Waals surface area contributed by atoms with Crippen LogP contribution in [0.1, 0.15) is 78.0 Å². The lowest BCUT2D eigenvalue weighted by molar-refractivity contribution is 0.411. The Kier molecular flexibility index (Phi) is 6.52. The quantitative estimate of drug-likeness (QED) is 0.237. The monoisotopic (exact) mass is 505 g/mol. The molecule has 0 unspecified atom stereocenters. The van der Waals surface area contributed by atoms with Crippen molar-refractivity contribution in [2.45, 2.75) is 73.1 Å². The van der Waals surface area contributed by atoms with Crippen LogP contribution in [0.4, 0.5) is 0 Å². The first-order valence-electron chi connectivity index (χ1n) is 13.5. The number of fused-ring (bicyclic) bond motifs is 2. The van der Waals surface area contributed by atoms with Crippen molar-refractivity contribution < 1.29 is 0 Å². The Morgan fingerprint density at radius 2 is 1.49 bits per heavy atom. The van der Waals surface area contributed by atoms with E-state index < -0.39 is 0 Å². The molecule has 5 aromatic rings. The van der Waals surface area contributed by atoms with Crippen LogP contribution in [0, 0.1) is 5.41 Å². The maximum Gasteiger partial charge on any atom is 0.0880 e. The zero-order valence-corrected chi connectivity index (χ0v) is 24.4. The van der Waals surface area contributed by atoms with Gasteiger partial charge in [0.05, 0.1) is 10.4 Å². The number of benzene rings is 3. The summed E-state index contributed by atoms with van der Waals surface area (Å²) in [7, 11) is 0. The molecule has 0 saturated carbocycles. The number of nitrogens with zero attached hydrogens (tertiary/aromatic N) is 1. The zero-order valence-electron chi connectivity index (χ0n) is 23.6. The van der Waals surface area contributed by atoms with E-state index in [1.807, 2.05) is 17.5 Å². The van der Waals surface area contributed by atoms with Gasteiger partial charge in [0, 0.05) is 22.0 Å². The van der Waals surface area contributed by atoms with Crippen molar-refractivity contribution in [3.05, 3.63) is 89.6 Å². The van der Waals surface area contributed by atoms with Crippen LogP contribution in [0.15, 0.2) is 72.9 Å². The maximum atomic E-state index is 4.98. The summed E-state index contributed by atoms with van der Waals surface area (Å²) in [6.45, 7) is 18.4. The molecular formula is C35H39NS. The van der Waals surface area contributed by atoms with Gasteiger partial charge in [0.1, 0.15) is 0 Å². The molecular weight excluding hydrogens is 466 g/mol. The van der Waals surface area contributed by atoms with Crippen LogP contribution in [0.2, 0.25) is 0 Å². The Morgan fingerprint density at radius 3 is 2.14 bits per heavy atom. The number of rotatable bonds is 4. The highest BCUT2D eigenvalue weighted by molar-refractivity contribution is 7.23. The Labute approximate surface area is 226 Å². The molecule has 190 valence electrons. The lowest BCUT2D eigenvalue weighted by Crippen LogP contribution is -2.12. The van der Waals surface area contributed by atoms with Gasteiger partial charge < -0.3 is 0 Å². The van der Waals surface area contributed by atoms with E-state index in [1.54, 1.807) is 0 Å². The minimum Gasteiger partial charge on any atom is -0.255 e. The summed E-state index contributed by atoms with van der Waals surface area (Å²) in [5, 5.41) is 3.94. The van der Waals surface area contributed by atoms with E-state index in [4.69, 9.17) is 4.98 Å². The highest BCUT2D eigenvalue weighted by Gasteiger charge is 2.23. The molecule has 5 rings (SSSR count). The van der Waals surface area contributed by atoms with Crippen molar-refractivity contribution >= 4 is 32.2 Å². The predicted octanol–water partition coefficient (Wildman–Crippen LogP) is 10.8. The standard InChI is InChI=1S/C35H39NS/c1-22(2)30-28-17-18-36-31(26-19-25-11-9-10-12-27(25)29(20-26)35(6,7)8)33(28)37-32(30)24-15-13-23(14-16-24)21-34(3,4)5/h9-20,22H,21H2,1-8H3. The Morgan fingerprint density at radius 1 is 0.784 bits per heavy atom. The first-order chi connectivity index (χ1) is 17.4. The summed E-state index contributed by atoms with van der Waals surface area (Å²) in [5.41, 5.74) is 8.14. The lowest BCUT2D eigenvalue weighted by atomic mass is 9.82. The molecule has 0 saturated heterocycles. The number of hydrogen-bond acceptors (Lipinski definition) is 2. The predicted molar refractivity (Wildman–Crippen MR) is 164 cm³/mol. The number of thiophene rings is 1. The Hall–Kier alpha value is -2.97. The third-order valence-corrected chi connectivity index (χ3v) is 8.39. The Balaban J connectivity index is 1.71. The topological polar surface area (TPSA) is 12.9 Å². The molecule has 0 N–H and O–H groups in total. The second-order valence-corrected chi connectivity index (χ2v) is 14.0. The molecule has 2 heterocycles. The summed E-state index contributed by atoms with van der Waals surface area (Å²) in [6.07, 6.45) is 3.08. The van der Waals surface area contributed by atoms with Crippen LogP contribution >= 0.6 is 11.3 Å². The van der Waals surface area contributed by atoms with Crippen molar-refractivity contribution in [2.75, 3.05) is 0 Å². The minimum absolute atomic E-state index is 0.0437. The van der Waals surface area contributed by atoms with Gasteiger partial charge in [-0.25, -0.2) is 0 Å². The van der Waals surface area contributed by atoms with E-state index in [1.165, 1.54) is 53.6 Å². The molecule has 2 heteroatoms. The van der Waals surface area contributed by atoms with E-state index in [2.05, 4.69) is 122 Å². The van der Waals surface area contributed by atoms with Crippen molar-refractivity contribution in [3.63, 3.8) is 0 Å². The average molecular weight is 506 g/mol. The zero-order chi connectivity index (χ0) is 26.5. The van der Waals surface area contributed by atoms with Crippen molar-refractivity contribution in [2.24, 2.45) is 5.41 Å². The van der Waals surface area contributed by atoms with Gasteiger partial charge in [-0.05, 0) is 74.4 Å². The summed E-state index contributed by atoms with van der Waals surface area (Å²) in [5.74, 6) is 0.426. The average Bonchev–Trinajstić information content (AvgIpc) is 3.22. The molecule has 0 radical (unpaired) electrons. The summed E-state index contributed by atoms with van der Waals surface area (Å²) >= 11 is 1.90. The van der Waals surface area contributed by atoms with Gasteiger partial charge in [-0.2, -0.15) is 0 Å². The highest BCUT2D eigenvalue weighted by atomic mass is 32.1. The fraction of sp³-hybridized carbons (Fsp3) is 0.343. The van der Waals surface area contributed by atoms with Gasteiger partial charge in [-0.15, -0.1) is 11.3 Å². The van der Waals surface area contributed by atoms with E-state index in [9.17, 15) is 0 Å². The van der Waals surface area contributed by atoms with Crippen LogP contribution in [0.25, 0.3) is 42.6 Å². The van der Waals surface area contributed by atoms with E-state index in [-0.39, 0.29) is 10.8 Å². The maximum absolute atomic E-state index is 4.98. The second-order valence-electron chi connectivity index (χ2n) is 13.0. The number of pyridine rings is 1. The van der Waals surface area contributed by atoms with E-state index in [0.29, 0.717) is 5.92 Å². The minimum atomic E-state index is 0.0437. The van der Waals surface area contributed by atoms with Crippen molar-refractivity contribution in [1.82, 2.24) is 4.98 Å². The molecule has 0 amide bonds. The molecule has 0 bridgehead atoms. The molecule has 0 aliphatic heterocycles. The summed E-state index contributed by atoms with van der Waals surface area (Å²) in [6, 6.07) is 24.9. The lowest BCUT2D eigenvalue weighted by Gasteiger charge is -2.22. The van der Waals surface area contributed by atoms with Gasteiger partial charge in [-0.3, -0.25) is 4.98 Å². The molecule has 3 aromatic carbocycles. The van der Waals surface area contributed by atoms with E-state index >= 15 is 0 Å². The first kappa shape index (κ1) is 25.7. The molecule has 0 fully saturated rings. The van der Waals surface area contributed by atoms with E-state index in [0.717, 1.165) is 12.1 Å². The normalized spacial score (nSPS) is 12.7. The number of hydrogen-bond donors (Lipinski definition) is 0. The largest absolute Gasteiger partial charge is 0.255 e. The van der Waals surface area contributed by atoms with Crippen LogP contribution < -0.4 is 0 Å². The van der Waals surface area contributed by atoms with Gasteiger partial charge >= 0.3 is 0 Å². The third-order valence-electron chi connectivity index (χ3n) is 7.11. The molecule has 37 heavy (non-hydrogen) atoms. The van der Waals surface area contributed by atoms with Gasteiger partial charge in [0.25, 0.3) is 0 Å². The molecule has 0 aliphatic rings. The van der Waals surface area contributed by atoms with Crippen LogP contribution in [0.5, 0.6) is 0 Å². The molecule has 0 spiro atoms. The molecule has 1 nitrogen and oxygen atoms in total. The SMILES string of the molecule is CC(C)c1c(-c2ccc(CC(C)(C)C)cc2)sc2c(-c3cc(C(C)(C)C)c4ccccc4c3)nccc12.